The van der Waals surface area contributed by atoms with Crippen LogP contribution in [0.3, 0.4) is 0 Å². The molecule has 0 aliphatic carbocycles. The first-order valence-electron chi connectivity index (χ1n) is 35.2. The lowest BCUT2D eigenvalue weighted by Gasteiger charge is -2.29. The molecule has 0 radical (unpaired) electrons. The van der Waals surface area contributed by atoms with E-state index in [-0.39, 0.29) is 0 Å². The largest absolute Gasteiger partial charge is 0.309 e. The minimum Gasteiger partial charge on any atom is -0.309 e. The second-order valence-electron chi connectivity index (χ2n) is 27.0. The zero-order valence-corrected chi connectivity index (χ0v) is 55.8. The van der Waals surface area contributed by atoms with Crippen LogP contribution < -0.4 is 0 Å². The highest BCUT2D eigenvalue weighted by molar-refractivity contribution is 6.19. The van der Waals surface area contributed by atoms with E-state index in [9.17, 15) is 5.26 Å². The van der Waals surface area contributed by atoms with Crippen molar-refractivity contribution in [3.05, 3.63) is 370 Å². The molecule has 0 aliphatic heterocycles. The molecule has 5 aromatic heterocycles. The highest BCUT2D eigenvalue weighted by atomic mass is 15.1. The fraction of sp³-hybridized carbons (Fsp3) is 0. The van der Waals surface area contributed by atoms with Gasteiger partial charge in [0.2, 0.25) is 0 Å². The number of fused-ring (bicyclic) bond motifs is 15. The van der Waals surface area contributed by atoms with E-state index in [4.69, 9.17) is 0 Å². The fourth-order valence-electron chi connectivity index (χ4n) is 17.0. The van der Waals surface area contributed by atoms with E-state index >= 15 is 0 Å². The average Bonchev–Trinajstić information content (AvgIpc) is 1.57. The Morgan fingerprint density at radius 1 is 0.175 bits per heavy atom. The number of hydrogen-bond acceptors (Lipinski definition) is 1. The number of nitrogens with zero attached hydrogens (tertiary/aromatic N) is 6. The van der Waals surface area contributed by atoms with Gasteiger partial charge in [-0.2, -0.15) is 5.26 Å². The monoisotopic (exact) mass is 1310 g/mol. The third kappa shape index (κ3) is 8.80. The van der Waals surface area contributed by atoms with Crippen LogP contribution >= 0.6 is 0 Å². The zero-order valence-electron chi connectivity index (χ0n) is 55.8. The van der Waals surface area contributed by atoms with Gasteiger partial charge in [0.15, 0.2) is 0 Å². The first-order valence-corrected chi connectivity index (χ1v) is 35.2. The van der Waals surface area contributed by atoms with E-state index in [1.807, 2.05) is 0 Å². The summed E-state index contributed by atoms with van der Waals surface area (Å²) in [6.45, 7) is 0. The maximum atomic E-state index is 13.6. The van der Waals surface area contributed by atoms with Crippen molar-refractivity contribution in [3.63, 3.8) is 0 Å². The molecule has 0 unspecified atom stereocenters. The molecule has 0 fully saturated rings. The van der Waals surface area contributed by atoms with Crippen molar-refractivity contribution >= 4 is 109 Å². The number of nitriles is 1. The van der Waals surface area contributed by atoms with Gasteiger partial charge >= 0.3 is 0 Å². The van der Waals surface area contributed by atoms with Crippen LogP contribution in [0.4, 0.5) is 0 Å². The van der Waals surface area contributed by atoms with Gasteiger partial charge in [-0.15, -0.1) is 0 Å². The van der Waals surface area contributed by atoms with Gasteiger partial charge in [0.1, 0.15) is 11.6 Å². The standard InChI is InChI=1S/C97H60N6/c98-61-82-94(100-85-41-21-15-35-74(85)78-57-67(47-53-89(78)100)62-25-5-1-6-26-62)96(102-87-43-23-17-37-76(87)80-59-69(49-55-91(80)102)64-29-9-3-10-30-64)93(66-45-51-71(52-46-66)99-83-39-19-13-33-72(83)73-34-14-20-40-84(73)99)97(103-88-44-24-18-38-77(88)81-60-70(50-56-92(81)103)65-31-11-4-12-32-65)95(82)101-86-42-22-16-36-75(86)79-58-68(48-54-90(79)101)63-27-7-2-8-28-63/h1-60H. The van der Waals surface area contributed by atoms with Gasteiger partial charge < -0.3 is 22.8 Å². The van der Waals surface area contributed by atoms with Crippen molar-refractivity contribution in [2.24, 2.45) is 0 Å². The first-order chi connectivity index (χ1) is 51.1. The summed E-state index contributed by atoms with van der Waals surface area (Å²) in [5, 5.41) is 24.6. The topological polar surface area (TPSA) is 48.4 Å². The Balaban J connectivity index is 1.02. The summed E-state index contributed by atoms with van der Waals surface area (Å²) < 4.78 is 12.3. The highest BCUT2D eigenvalue weighted by Gasteiger charge is 2.36. The molecule has 21 rings (SSSR count). The quantitative estimate of drug-likeness (QED) is 0.135. The molecule has 0 bridgehead atoms. The van der Waals surface area contributed by atoms with Crippen LogP contribution in [0.15, 0.2) is 364 Å². The number of hydrogen-bond donors (Lipinski definition) is 0. The first kappa shape index (κ1) is 58.0. The fourth-order valence-corrected chi connectivity index (χ4v) is 17.0. The third-order valence-electron chi connectivity index (χ3n) is 21.5. The molecule has 0 atom stereocenters. The Morgan fingerprint density at radius 2 is 0.398 bits per heavy atom. The predicted octanol–water partition coefficient (Wildman–Crippen LogP) is 25.4. The van der Waals surface area contributed by atoms with E-state index in [0.717, 1.165) is 182 Å². The third-order valence-corrected chi connectivity index (χ3v) is 21.5. The molecule has 0 saturated heterocycles. The van der Waals surface area contributed by atoms with E-state index < -0.39 is 0 Å². The minimum absolute atomic E-state index is 0.499. The summed E-state index contributed by atoms with van der Waals surface area (Å²) in [5.74, 6) is 0. The van der Waals surface area contributed by atoms with Gasteiger partial charge in [0, 0.05) is 65.1 Å². The van der Waals surface area contributed by atoms with Gasteiger partial charge in [-0.05, 0) is 147 Å². The van der Waals surface area contributed by atoms with Gasteiger partial charge in [-0.1, -0.05) is 267 Å². The van der Waals surface area contributed by atoms with Crippen molar-refractivity contribution in [2.75, 3.05) is 0 Å². The molecule has 6 nitrogen and oxygen atoms in total. The summed E-state index contributed by atoms with van der Waals surface area (Å²) in [4.78, 5) is 0. The molecule has 103 heavy (non-hydrogen) atoms. The molecule has 16 aromatic carbocycles. The Labute approximate surface area is 593 Å². The van der Waals surface area contributed by atoms with Gasteiger partial charge in [-0.25, -0.2) is 0 Å². The normalized spacial score (nSPS) is 11.9. The Hall–Kier alpha value is -14.0. The summed E-state index contributed by atoms with van der Waals surface area (Å²) in [6.07, 6.45) is 0. The summed E-state index contributed by atoms with van der Waals surface area (Å²) >= 11 is 0. The molecule has 5 heterocycles. The molecular formula is C97H60N6. The second kappa shape index (κ2) is 23.1. The van der Waals surface area contributed by atoms with Crippen molar-refractivity contribution in [2.45, 2.75) is 0 Å². The van der Waals surface area contributed by atoms with Crippen LogP contribution in [-0.2, 0) is 0 Å². The van der Waals surface area contributed by atoms with Crippen molar-refractivity contribution in [3.8, 4) is 90.1 Å². The van der Waals surface area contributed by atoms with Crippen LogP contribution in [0.25, 0.3) is 193 Å². The van der Waals surface area contributed by atoms with Crippen LogP contribution in [-0.4, -0.2) is 22.8 Å². The number of para-hydroxylation sites is 6. The van der Waals surface area contributed by atoms with Crippen LogP contribution in [0, 0.1) is 11.3 Å². The van der Waals surface area contributed by atoms with Crippen molar-refractivity contribution in [1.29, 1.82) is 5.26 Å². The molecule has 0 N–H and O–H groups in total. The predicted molar refractivity (Wildman–Crippen MR) is 430 cm³/mol. The highest BCUT2D eigenvalue weighted by Crippen LogP contribution is 2.53. The van der Waals surface area contributed by atoms with Gasteiger partial charge in [0.05, 0.1) is 77.9 Å². The van der Waals surface area contributed by atoms with Gasteiger partial charge in [-0.3, -0.25) is 0 Å². The molecule has 0 saturated carbocycles. The molecule has 0 spiro atoms. The van der Waals surface area contributed by atoms with Crippen LogP contribution in [0.5, 0.6) is 0 Å². The smallest absolute Gasteiger partial charge is 0.104 e. The minimum atomic E-state index is 0.499. The Kier molecular flexibility index (Phi) is 13.0. The summed E-state index contributed by atoms with van der Waals surface area (Å²) in [5.41, 5.74) is 25.7. The molecule has 478 valence electrons. The lowest BCUT2D eigenvalue weighted by molar-refractivity contribution is 1.04. The molecular weight excluding hydrogens is 1250 g/mol. The summed E-state index contributed by atoms with van der Waals surface area (Å²) in [7, 11) is 0. The maximum Gasteiger partial charge on any atom is 0.104 e. The maximum absolute atomic E-state index is 13.6. The number of benzene rings is 16. The van der Waals surface area contributed by atoms with E-state index in [2.05, 4.69) is 393 Å². The Bertz CT molecular complexity index is 6690. The molecule has 0 amide bonds. The lowest BCUT2D eigenvalue weighted by atomic mass is 9.93. The SMILES string of the molecule is N#Cc1c(-n2c3ccccc3c3cc(-c4ccccc4)ccc32)c(-n2c3ccccc3c3cc(-c4ccccc4)ccc32)c(-c2ccc(-n3c4ccccc4c4ccccc43)cc2)c(-n2c3ccccc3c3cc(-c4ccccc4)ccc32)c1-n1c2ccccc2c2cc(-c3ccccc3)ccc21. The lowest BCUT2D eigenvalue weighted by Crippen LogP contribution is -2.16. The number of rotatable bonds is 10. The molecule has 0 aliphatic rings. The molecule has 6 heteroatoms. The van der Waals surface area contributed by atoms with Crippen molar-refractivity contribution in [1.82, 2.24) is 22.8 Å². The van der Waals surface area contributed by atoms with E-state index in [1.165, 1.54) is 10.8 Å². The summed E-state index contributed by atoms with van der Waals surface area (Å²) in [6, 6.07) is 136. The molecule has 21 aromatic rings. The van der Waals surface area contributed by atoms with Crippen LogP contribution in [0.1, 0.15) is 5.56 Å². The van der Waals surface area contributed by atoms with Crippen LogP contribution in [0.2, 0.25) is 0 Å². The zero-order chi connectivity index (χ0) is 67.8. The Morgan fingerprint density at radius 3 is 0.680 bits per heavy atom. The van der Waals surface area contributed by atoms with Gasteiger partial charge in [0.25, 0.3) is 0 Å². The average molecular weight is 1310 g/mol. The van der Waals surface area contributed by atoms with E-state index in [1.54, 1.807) is 0 Å². The van der Waals surface area contributed by atoms with Crippen molar-refractivity contribution < 1.29 is 0 Å². The number of aromatic nitrogens is 5. The van der Waals surface area contributed by atoms with E-state index in [0.29, 0.717) is 5.56 Å². The second-order valence-corrected chi connectivity index (χ2v) is 27.0.